The quantitative estimate of drug-likeness (QED) is 0.570. The maximum atomic E-state index is 6.98. The molecule has 0 amide bonds. The van der Waals surface area contributed by atoms with Gasteiger partial charge in [-0.2, -0.15) is 0 Å². The van der Waals surface area contributed by atoms with Gasteiger partial charge in [-0.1, -0.05) is 33.1 Å². The molecule has 0 aromatic carbocycles. The first kappa shape index (κ1) is 11.0. The van der Waals surface area contributed by atoms with Crippen LogP contribution in [0.5, 0.6) is 0 Å². The summed E-state index contributed by atoms with van der Waals surface area (Å²) in [7, 11) is 0. The molecule has 0 saturated carbocycles. The Bertz CT molecular complexity index is 29.7. The monoisotopic (exact) mass is 178 g/mol. The zero-order valence-electron chi connectivity index (χ0n) is 6.57. The summed E-state index contributed by atoms with van der Waals surface area (Å²) in [5, 5.41) is 0. The van der Waals surface area contributed by atoms with Crippen molar-refractivity contribution in [2.45, 2.75) is 33.1 Å². The van der Waals surface area contributed by atoms with Crippen LogP contribution in [0.25, 0.3) is 0 Å². The van der Waals surface area contributed by atoms with Crippen molar-refractivity contribution in [3.63, 3.8) is 0 Å². The van der Waals surface area contributed by atoms with E-state index in [0.29, 0.717) is 0 Å². The van der Waals surface area contributed by atoms with E-state index in [2.05, 4.69) is 6.92 Å². The third-order valence-electron chi connectivity index (χ3n) is 0.577. The van der Waals surface area contributed by atoms with Crippen LogP contribution in [0.15, 0.2) is 0 Å². The Balaban J connectivity index is -0.000000125. The molecule has 0 aliphatic heterocycles. The predicted molar refractivity (Wildman–Crippen MR) is 31.6 cm³/mol. The molecule has 0 aromatic heterocycles. The molecule has 0 N–H and O–H groups in total. The molecular formula is C6H15Y-. The van der Waals surface area contributed by atoms with Gasteiger partial charge in [-0.25, -0.2) is 0 Å². The summed E-state index contributed by atoms with van der Waals surface area (Å²) in [5.74, 6) is 0. The van der Waals surface area contributed by atoms with E-state index >= 15 is 0 Å². The van der Waals surface area contributed by atoms with Gasteiger partial charge in [-0.05, 0) is 0 Å². The first-order valence-corrected chi connectivity index (χ1v) is 2.19. The molecule has 0 bridgehead atoms. The van der Waals surface area contributed by atoms with Gasteiger partial charge in [0.2, 0.25) is 0 Å². The molecule has 0 fully saturated rings. The first-order valence-electron chi connectivity index (χ1n) is 2.77. The Hall–Kier alpha value is 1.10. The van der Waals surface area contributed by atoms with Gasteiger partial charge in [0.1, 0.15) is 0 Å². The molecule has 0 aromatic rings. The molecule has 7 heavy (non-hydrogen) atoms. The molecule has 0 nitrogen and oxygen atoms in total. The molecule has 1 heteroatoms. The minimum absolute atomic E-state index is 0. The van der Waals surface area contributed by atoms with E-state index in [9.17, 15) is 0 Å². The Kier molecular flexibility index (Phi) is 24.6. The Morgan fingerprint density at radius 2 is 1.86 bits per heavy atom. The summed E-state index contributed by atoms with van der Waals surface area (Å²) in [6.07, 6.45) is 2.33. The third kappa shape index (κ3) is 19.2. The average Bonchev–Trinajstić information content (AvgIpc) is 1.35. The standard InChI is InChI=1S/C5H12.CH3.Y/c1-3-5-4-2;;/h3-5H2,1-2H3;1H3;/q;-1;/i3T;;. The van der Waals surface area contributed by atoms with Crippen LogP contribution in [0.1, 0.15) is 34.5 Å². The summed E-state index contributed by atoms with van der Waals surface area (Å²) in [6.45, 7) is 4.02. The van der Waals surface area contributed by atoms with Gasteiger partial charge in [0, 0.05) is 34.1 Å². The van der Waals surface area contributed by atoms with E-state index in [-0.39, 0.29) is 46.5 Å². The molecule has 0 rings (SSSR count). The fourth-order valence-electron chi connectivity index (χ4n) is 0.289. The number of hydrogen-bond donors (Lipinski definition) is 0. The summed E-state index contributed by atoms with van der Waals surface area (Å²) in [6, 6.07) is 0. The maximum Gasteiger partial charge on any atom is 0.0264 e. The molecule has 0 spiro atoms. The van der Waals surface area contributed by atoms with Crippen molar-refractivity contribution in [3.8, 4) is 0 Å². The van der Waals surface area contributed by atoms with E-state index in [1.54, 1.807) is 0 Å². The van der Waals surface area contributed by atoms with Crippen LogP contribution < -0.4 is 0 Å². The summed E-state index contributed by atoms with van der Waals surface area (Å²) < 4.78 is 6.98. The van der Waals surface area contributed by atoms with Crippen molar-refractivity contribution in [2.75, 3.05) is 0 Å². The van der Waals surface area contributed by atoms with Crippen molar-refractivity contribution >= 4 is 0 Å². The van der Waals surface area contributed by atoms with Gasteiger partial charge in [0.05, 0.1) is 0 Å². The molecular weight excluding hydrogens is 161 g/mol. The largest absolute Gasteiger partial charge is 0.358 e. The van der Waals surface area contributed by atoms with E-state index in [1.165, 1.54) is 0 Å². The topological polar surface area (TPSA) is 0 Å². The van der Waals surface area contributed by atoms with Gasteiger partial charge >= 0.3 is 0 Å². The fraction of sp³-hybridized carbons (Fsp3) is 0.833. The summed E-state index contributed by atoms with van der Waals surface area (Å²) in [5.41, 5.74) is 0. The second-order valence-electron chi connectivity index (χ2n) is 1.20. The zero-order chi connectivity index (χ0) is 4.99. The molecule has 0 aliphatic rings. The molecule has 0 saturated heterocycles. The normalized spacial score (nSPS) is 12.6. The van der Waals surface area contributed by atoms with E-state index in [4.69, 9.17) is 1.37 Å². The maximum absolute atomic E-state index is 6.98. The van der Waals surface area contributed by atoms with E-state index in [0.717, 1.165) is 12.8 Å². The second kappa shape index (κ2) is 15.7. The van der Waals surface area contributed by atoms with Crippen LogP contribution in [-0.4, -0.2) is 0 Å². The van der Waals surface area contributed by atoms with Gasteiger partial charge in [0.25, 0.3) is 0 Å². The Morgan fingerprint density at radius 3 is 1.86 bits per heavy atom. The summed E-state index contributed by atoms with van der Waals surface area (Å²) in [4.78, 5) is 0. The fourth-order valence-corrected chi connectivity index (χ4v) is 0.289. The van der Waals surface area contributed by atoms with Gasteiger partial charge in [-0.15, -0.1) is 0 Å². The average molecular weight is 178 g/mol. The van der Waals surface area contributed by atoms with Crippen LogP contribution in [0.4, 0.5) is 0 Å². The van der Waals surface area contributed by atoms with Gasteiger partial charge in [0.15, 0.2) is 0 Å². The van der Waals surface area contributed by atoms with Crippen molar-refractivity contribution in [3.05, 3.63) is 7.43 Å². The molecule has 43 valence electrons. The van der Waals surface area contributed by atoms with Crippen LogP contribution in [0, 0.1) is 7.43 Å². The Labute approximate surface area is 74.4 Å². The minimum Gasteiger partial charge on any atom is -0.358 e. The Morgan fingerprint density at radius 1 is 1.43 bits per heavy atom. The van der Waals surface area contributed by atoms with Gasteiger partial charge in [-0.3, -0.25) is 0 Å². The van der Waals surface area contributed by atoms with E-state index < -0.39 is 0 Å². The minimum atomic E-state index is 0. The SMILES string of the molecule is [3H]C(C)CCC.[CH3-].[Y]. The molecule has 1 atom stereocenters. The van der Waals surface area contributed by atoms with Crippen LogP contribution in [0.2, 0.25) is 0 Å². The smallest absolute Gasteiger partial charge is 0.0264 e. The van der Waals surface area contributed by atoms with Gasteiger partial charge < -0.3 is 7.43 Å². The molecule has 1 unspecified atom stereocenters. The van der Waals surface area contributed by atoms with Crippen LogP contribution in [-0.2, 0) is 32.7 Å². The predicted octanol–water partition coefficient (Wildman–Crippen LogP) is 2.64. The van der Waals surface area contributed by atoms with Crippen molar-refractivity contribution in [1.82, 2.24) is 0 Å². The first-order chi connectivity index (χ1) is 2.77. The van der Waals surface area contributed by atoms with Crippen molar-refractivity contribution in [2.24, 2.45) is 0 Å². The molecule has 0 heterocycles. The van der Waals surface area contributed by atoms with Crippen molar-refractivity contribution in [1.29, 1.82) is 0 Å². The number of hydrogen-bond acceptors (Lipinski definition) is 0. The number of rotatable bonds is 2. The third-order valence-corrected chi connectivity index (χ3v) is 0.577. The van der Waals surface area contributed by atoms with Crippen LogP contribution in [0.3, 0.4) is 0 Å². The summed E-state index contributed by atoms with van der Waals surface area (Å²) >= 11 is 0. The molecule has 1 radical (unpaired) electrons. The van der Waals surface area contributed by atoms with E-state index in [1.807, 2.05) is 6.92 Å². The van der Waals surface area contributed by atoms with Crippen molar-refractivity contribution < 1.29 is 34.1 Å². The zero-order valence-corrected chi connectivity index (χ0v) is 8.41. The molecule has 0 aliphatic carbocycles. The van der Waals surface area contributed by atoms with Crippen LogP contribution >= 0.6 is 0 Å². The second-order valence-corrected chi connectivity index (χ2v) is 1.20.